The number of ether oxygens (including phenoxy) is 1. The number of carbonyl (C=O) groups is 1. The van der Waals surface area contributed by atoms with Crippen LogP contribution in [-0.2, 0) is 14.8 Å². The van der Waals surface area contributed by atoms with Crippen molar-refractivity contribution >= 4 is 15.9 Å². The molecule has 0 saturated carbocycles. The van der Waals surface area contributed by atoms with Gasteiger partial charge in [0.15, 0.2) is 0 Å². The smallest absolute Gasteiger partial charge is 0.272 e. The minimum absolute atomic E-state index is 0.0613. The van der Waals surface area contributed by atoms with Crippen molar-refractivity contribution in [3.63, 3.8) is 0 Å². The first-order valence-electron chi connectivity index (χ1n) is 8.07. The van der Waals surface area contributed by atoms with Gasteiger partial charge in [-0.25, -0.2) is 13.1 Å². The lowest BCUT2D eigenvalue weighted by atomic mass is 9.83. The summed E-state index contributed by atoms with van der Waals surface area (Å²) >= 11 is 0. The SMILES string of the molecule is Cc1ccnc(C(=O)N2CC3(CCC(CNS(C)(=O)=O)CO3)C2)c1. The first-order chi connectivity index (χ1) is 11.3. The van der Waals surface area contributed by atoms with Crippen LogP contribution in [0, 0.1) is 12.8 Å². The summed E-state index contributed by atoms with van der Waals surface area (Å²) in [6.45, 7) is 4.02. The Bertz CT molecular complexity index is 719. The maximum absolute atomic E-state index is 12.4. The van der Waals surface area contributed by atoms with Gasteiger partial charge < -0.3 is 9.64 Å². The highest BCUT2D eigenvalue weighted by Crippen LogP contribution is 2.36. The molecule has 2 saturated heterocycles. The van der Waals surface area contributed by atoms with Crippen molar-refractivity contribution in [2.24, 2.45) is 5.92 Å². The molecule has 1 unspecified atom stereocenters. The number of aromatic nitrogens is 1. The van der Waals surface area contributed by atoms with E-state index in [2.05, 4.69) is 9.71 Å². The number of pyridine rings is 1. The van der Waals surface area contributed by atoms with Gasteiger partial charge in [-0.05, 0) is 43.4 Å². The Morgan fingerprint density at radius 3 is 2.83 bits per heavy atom. The Labute approximate surface area is 142 Å². The van der Waals surface area contributed by atoms with Crippen LogP contribution in [0.2, 0.25) is 0 Å². The van der Waals surface area contributed by atoms with Crippen LogP contribution in [0.15, 0.2) is 18.3 Å². The zero-order chi connectivity index (χ0) is 17.4. The molecule has 1 spiro atoms. The van der Waals surface area contributed by atoms with Crippen molar-refractivity contribution in [1.82, 2.24) is 14.6 Å². The Morgan fingerprint density at radius 1 is 1.50 bits per heavy atom. The predicted octanol–water partition coefficient (Wildman–Crippen LogP) is 0.560. The van der Waals surface area contributed by atoms with Crippen molar-refractivity contribution in [3.8, 4) is 0 Å². The van der Waals surface area contributed by atoms with Crippen molar-refractivity contribution in [3.05, 3.63) is 29.6 Å². The minimum atomic E-state index is -3.16. The summed E-state index contributed by atoms with van der Waals surface area (Å²) in [5.41, 5.74) is 1.22. The van der Waals surface area contributed by atoms with Crippen LogP contribution in [0.25, 0.3) is 0 Å². The van der Waals surface area contributed by atoms with Crippen molar-refractivity contribution < 1.29 is 17.9 Å². The first kappa shape index (κ1) is 17.3. The Kier molecular flexibility index (Phi) is 4.63. The molecule has 2 aliphatic heterocycles. The molecule has 0 aliphatic carbocycles. The lowest BCUT2D eigenvalue weighted by Gasteiger charge is -2.52. The summed E-state index contributed by atoms with van der Waals surface area (Å²) in [5.74, 6) is 0.127. The van der Waals surface area contributed by atoms with Gasteiger partial charge in [0.2, 0.25) is 10.0 Å². The standard InChI is InChI=1S/C16H23N3O4S/c1-12-4-6-17-14(7-12)15(20)19-10-16(11-19)5-3-13(9-23-16)8-18-24(2,21)22/h4,6-7,13,18H,3,5,8-11H2,1-2H3. The second-order valence-electron chi connectivity index (χ2n) is 6.90. The summed E-state index contributed by atoms with van der Waals surface area (Å²) in [6, 6.07) is 3.66. The van der Waals surface area contributed by atoms with Crippen molar-refractivity contribution in [1.29, 1.82) is 0 Å². The number of carbonyl (C=O) groups excluding carboxylic acids is 1. The topological polar surface area (TPSA) is 88.6 Å². The number of nitrogens with one attached hydrogen (secondary N) is 1. The van der Waals surface area contributed by atoms with E-state index in [9.17, 15) is 13.2 Å². The van der Waals surface area contributed by atoms with Crippen LogP contribution in [0.4, 0.5) is 0 Å². The molecular weight excluding hydrogens is 330 g/mol. The normalized spacial score (nSPS) is 23.1. The average molecular weight is 353 g/mol. The van der Waals surface area contributed by atoms with Gasteiger partial charge in [-0.1, -0.05) is 0 Å². The predicted molar refractivity (Wildman–Crippen MR) is 89.1 cm³/mol. The molecule has 0 aromatic carbocycles. The number of hydrogen-bond donors (Lipinski definition) is 1. The van der Waals surface area contributed by atoms with Crippen LogP contribution in [0.3, 0.4) is 0 Å². The molecule has 3 heterocycles. The second kappa shape index (κ2) is 6.42. The van der Waals surface area contributed by atoms with E-state index in [4.69, 9.17) is 4.74 Å². The van der Waals surface area contributed by atoms with Gasteiger partial charge in [0, 0.05) is 12.7 Å². The van der Waals surface area contributed by atoms with Crippen molar-refractivity contribution in [2.45, 2.75) is 25.4 Å². The number of nitrogens with zero attached hydrogens (tertiary/aromatic N) is 2. The number of likely N-dealkylation sites (tertiary alicyclic amines) is 1. The van der Waals surface area contributed by atoms with Gasteiger partial charge >= 0.3 is 0 Å². The number of amides is 1. The zero-order valence-electron chi connectivity index (χ0n) is 14.0. The van der Waals surface area contributed by atoms with Crippen LogP contribution < -0.4 is 4.72 Å². The van der Waals surface area contributed by atoms with Gasteiger partial charge in [0.1, 0.15) is 11.3 Å². The molecule has 0 radical (unpaired) electrons. The highest BCUT2D eigenvalue weighted by molar-refractivity contribution is 7.88. The third-order valence-electron chi connectivity index (χ3n) is 4.65. The zero-order valence-corrected chi connectivity index (χ0v) is 14.8. The molecule has 7 nitrogen and oxygen atoms in total. The first-order valence-corrected chi connectivity index (χ1v) is 9.96. The van der Waals surface area contributed by atoms with E-state index >= 15 is 0 Å². The molecule has 1 aromatic rings. The second-order valence-corrected chi connectivity index (χ2v) is 8.73. The molecule has 0 bridgehead atoms. The molecule has 1 amide bonds. The lowest BCUT2D eigenvalue weighted by Crippen LogP contribution is -2.66. The largest absolute Gasteiger partial charge is 0.371 e. The molecule has 2 aliphatic rings. The summed E-state index contributed by atoms with van der Waals surface area (Å²) < 4.78 is 30.8. The summed E-state index contributed by atoms with van der Waals surface area (Å²) in [7, 11) is -3.16. The fraction of sp³-hybridized carbons (Fsp3) is 0.625. The molecule has 24 heavy (non-hydrogen) atoms. The maximum Gasteiger partial charge on any atom is 0.272 e. The van der Waals surface area contributed by atoms with Crippen LogP contribution in [0.1, 0.15) is 28.9 Å². The van der Waals surface area contributed by atoms with Gasteiger partial charge in [0.25, 0.3) is 5.91 Å². The molecule has 1 N–H and O–H groups in total. The number of aryl methyl sites for hydroxylation is 1. The molecule has 8 heteroatoms. The maximum atomic E-state index is 12.4. The molecule has 3 rings (SSSR count). The fourth-order valence-corrected chi connectivity index (χ4v) is 3.74. The number of rotatable bonds is 4. The Balaban J connectivity index is 1.49. The molecule has 2 fully saturated rings. The third-order valence-corrected chi connectivity index (χ3v) is 5.34. The van der Waals surface area contributed by atoms with Gasteiger partial charge in [0.05, 0.1) is 26.0 Å². The molecule has 1 atom stereocenters. The lowest BCUT2D eigenvalue weighted by molar-refractivity contribution is -0.166. The van der Waals surface area contributed by atoms with E-state index in [1.54, 1.807) is 17.2 Å². The number of sulfonamides is 1. The van der Waals surface area contributed by atoms with Crippen LogP contribution in [0.5, 0.6) is 0 Å². The highest BCUT2D eigenvalue weighted by atomic mass is 32.2. The van der Waals surface area contributed by atoms with Gasteiger partial charge in [-0.15, -0.1) is 0 Å². The summed E-state index contributed by atoms with van der Waals surface area (Å²) in [6.07, 6.45) is 4.54. The van der Waals surface area contributed by atoms with E-state index in [1.165, 1.54) is 0 Å². The third kappa shape index (κ3) is 3.93. The highest BCUT2D eigenvalue weighted by Gasteiger charge is 2.48. The van der Waals surface area contributed by atoms with E-state index < -0.39 is 10.0 Å². The monoisotopic (exact) mass is 353 g/mol. The molecule has 132 valence electrons. The van der Waals surface area contributed by atoms with E-state index in [1.807, 2.05) is 13.0 Å². The van der Waals surface area contributed by atoms with E-state index in [-0.39, 0.29) is 17.4 Å². The Morgan fingerprint density at radius 2 is 2.25 bits per heavy atom. The van der Waals surface area contributed by atoms with E-state index in [0.29, 0.717) is 31.9 Å². The number of hydrogen-bond acceptors (Lipinski definition) is 5. The van der Waals surface area contributed by atoms with Gasteiger partial charge in [-0.3, -0.25) is 9.78 Å². The minimum Gasteiger partial charge on any atom is -0.371 e. The van der Waals surface area contributed by atoms with Gasteiger partial charge in [-0.2, -0.15) is 0 Å². The molecular formula is C16H23N3O4S. The van der Waals surface area contributed by atoms with E-state index in [0.717, 1.165) is 24.7 Å². The summed E-state index contributed by atoms with van der Waals surface area (Å²) in [5, 5.41) is 0. The summed E-state index contributed by atoms with van der Waals surface area (Å²) in [4.78, 5) is 18.3. The van der Waals surface area contributed by atoms with Crippen LogP contribution >= 0.6 is 0 Å². The fourth-order valence-electron chi connectivity index (χ4n) is 3.21. The van der Waals surface area contributed by atoms with Crippen LogP contribution in [-0.4, -0.2) is 62.3 Å². The average Bonchev–Trinajstić information content (AvgIpc) is 2.50. The van der Waals surface area contributed by atoms with Crippen molar-refractivity contribution in [2.75, 3.05) is 32.5 Å². The quantitative estimate of drug-likeness (QED) is 0.854. The Hall–Kier alpha value is -1.51. The molecule has 1 aromatic heterocycles.